The van der Waals surface area contributed by atoms with E-state index in [2.05, 4.69) is 4.72 Å². The molecule has 0 saturated carbocycles. The molecule has 112 valence electrons. The van der Waals surface area contributed by atoms with Gasteiger partial charge in [-0.1, -0.05) is 12.1 Å². The van der Waals surface area contributed by atoms with Crippen molar-refractivity contribution >= 4 is 16.2 Å². The second kappa shape index (κ2) is 7.32. The van der Waals surface area contributed by atoms with Crippen LogP contribution in [0.2, 0.25) is 0 Å². The molecule has 0 aliphatic carbocycles. The molecule has 0 aliphatic rings. The molecular formula is C12H17FN2O4S. The summed E-state index contributed by atoms with van der Waals surface area (Å²) in [6.07, 6.45) is 0.0884. The maximum Gasteiger partial charge on any atom is 0.304 e. The monoisotopic (exact) mass is 304 g/mol. The van der Waals surface area contributed by atoms with E-state index < -0.39 is 16.2 Å². The molecule has 0 bridgehead atoms. The van der Waals surface area contributed by atoms with E-state index in [1.165, 1.54) is 19.2 Å². The zero-order valence-corrected chi connectivity index (χ0v) is 11.9. The lowest BCUT2D eigenvalue weighted by molar-refractivity contribution is -0.137. The Balaban J connectivity index is 2.45. The Kier molecular flexibility index (Phi) is 6.05. The van der Waals surface area contributed by atoms with Gasteiger partial charge >= 0.3 is 5.97 Å². The summed E-state index contributed by atoms with van der Waals surface area (Å²) in [5.41, 5.74) is 0.681. The molecule has 6 nitrogen and oxygen atoms in total. The molecule has 2 N–H and O–H groups in total. The van der Waals surface area contributed by atoms with Gasteiger partial charge in [0.25, 0.3) is 10.2 Å². The normalized spacial score (nSPS) is 11.8. The molecule has 0 fully saturated rings. The van der Waals surface area contributed by atoms with E-state index in [-0.39, 0.29) is 25.3 Å². The lowest BCUT2D eigenvalue weighted by Gasteiger charge is -2.16. The van der Waals surface area contributed by atoms with Crippen LogP contribution in [0, 0.1) is 5.82 Å². The van der Waals surface area contributed by atoms with Crippen molar-refractivity contribution in [3.8, 4) is 0 Å². The van der Waals surface area contributed by atoms with Crippen molar-refractivity contribution in [2.75, 3.05) is 20.1 Å². The molecule has 0 aromatic heterocycles. The highest BCUT2D eigenvalue weighted by molar-refractivity contribution is 7.87. The average Bonchev–Trinajstić information content (AvgIpc) is 2.35. The number of nitrogens with one attached hydrogen (secondary N) is 1. The summed E-state index contributed by atoms with van der Waals surface area (Å²) in [5.74, 6) is -1.43. The van der Waals surface area contributed by atoms with E-state index in [1.54, 1.807) is 12.1 Å². The highest BCUT2D eigenvalue weighted by atomic mass is 32.2. The first-order valence-corrected chi connectivity index (χ1v) is 7.42. The van der Waals surface area contributed by atoms with E-state index in [0.717, 1.165) is 4.31 Å². The van der Waals surface area contributed by atoms with Crippen molar-refractivity contribution in [2.24, 2.45) is 0 Å². The molecule has 0 atom stereocenters. The molecule has 20 heavy (non-hydrogen) atoms. The predicted octanol–water partition coefficient (Wildman–Crippen LogP) is 0.609. The molecule has 0 saturated heterocycles. The highest BCUT2D eigenvalue weighted by Gasteiger charge is 2.17. The Morgan fingerprint density at radius 2 is 2.15 bits per heavy atom. The van der Waals surface area contributed by atoms with E-state index >= 15 is 0 Å². The summed E-state index contributed by atoms with van der Waals surface area (Å²) in [6, 6.07) is 5.90. The van der Waals surface area contributed by atoms with Crippen molar-refractivity contribution in [1.82, 2.24) is 9.03 Å². The summed E-state index contributed by atoms with van der Waals surface area (Å²) < 4.78 is 39.7. The second-order valence-corrected chi connectivity index (χ2v) is 6.11. The molecule has 0 spiro atoms. The largest absolute Gasteiger partial charge is 0.481 e. The lowest BCUT2D eigenvalue weighted by Crippen LogP contribution is -2.40. The number of carbonyl (C=O) groups is 1. The maximum atomic E-state index is 12.9. The summed E-state index contributed by atoms with van der Waals surface area (Å²) in [4.78, 5) is 10.4. The predicted molar refractivity (Wildman–Crippen MR) is 71.9 cm³/mol. The Bertz CT molecular complexity index is 562. The smallest absolute Gasteiger partial charge is 0.304 e. The number of carboxylic acids is 1. The first-order chi connectivity index (χ1) is 9.31. The molecule has 0 aliphatic heterocycles. The van der Waals surface area contributed by atoms with Gasteiger partial charge in [-0.05, 0) is 24.1 Å². The van der Waals surface area contributed by atoms with Crippen molar-refractivity contribution < 1.29 is 22.7 Å². The third-order valence-corrected chi connectivity index (χ3v) is 4.21. The molecule has 8 heteroatoms. The summed E-state index contributed by atoms with van der Waals surface area (Å²) in [6.45, 7) is 0.00777. The van der Waals surface area contributed by atoms with E-state index in [9.17, 15) is 17.6 Å². The molecule has 0 unspecified atom stereocenters. The highest BCUT2D eigenvalue weighted by Crippen LogP contribution is 2.04. The van der Waals surface area contributed by atoms with Gasteiger partial charge in [0.05, 0.1) is 6.42 Å². The van der Waals surface area contributed by atoms with Crippen LogP contribution in [0.5, 0.6) is 0 Å². The van der Waals surface area contributed by atoms with E-state index in [0.29, 0.717) is 12.0 Å². The molecular weight excluding hydrogens is 287 g/mol. The number of nitrogens with zero attached hydrogens (tertiary/aromatic N) is 1. The van der Waals surface area contributed by atoms with E-state index in [4.69, 9.17) is 5.11 Å². The fourth-order valence-corrected chi connectivity index (χ4v) is 2.41. The van der Waals surface area contributed by atoms with Crippen LogP contribution < -0.4 is 4.72 Å². The number of halogens is 1. The van der Waals surface area contributed by atoms with Crippen molar-refractivity contribution in [3.63, 3.8) is 0 Å². The second-order valence-electron chi connectivity index (χ2n) is 4.24. The minimum absolute atomic E-state index is 0.107. The Morgan fingerprint density at radius 3 is 2.75 bits per heavy atom. The van der Waals surface area contributed by atoms with Crippen LogP contribution in [0.15, 0.2) is 24.3 Å². The summed E-state index contributed by atoms with van der Waals surface area (Å²) in [5, 5.41) is 8.50. The molecule has 0 radical (unpaired) electrons. The Morgan fingerprint density at radius 1 is 1.45 bits per heavy atom. The van der Waals surface area contributed by atoms with Crippen LogP contribution in [0.25, 0.3) is 0 Å². The van der Waals surface area contributed by atoms with Gasteiger partial charge in [-0.3, -0.25) is 4.79 Å². The van der Waals surface area contributed by atoms with Crippen LogP contribution in [-0.2, 0) is 21.4 Å². The van der Waals surface area contributed by atoms with E-state index in [1.807, 2.05) is 0 Å². The lowest BCUT2D eigenvalue weighted by atomic mass is 10.1. The number of aliphatic carboxylic acids is 1. The maximum absolute atomic E-state index is 12.9. The van der Waals surface area contributed by atoms with Gasteiger partial charge in [-0.15, -0.1) is 0 Å². The van der Waals surface area contributed by atoms with Crippen molar-refractivity contribution in [3.05, 3.63) is 35.6 Å². The quantitative estimate of drug-likeness (QED) is 0.736. The Hall–Kier alpha value is -1.51. The number of hydrogen-bond acceptors (Lipinski definition) is 3. The minimum Gasteiger partial charge on any atom is -0.481 e. The van der Waals surface area contributed by atoms with Crippen LogP contribution >= 0.6 is 0 Å². The first kappa shape index (κ1) is 16.5. The van der Waals surface area contributed by atoms with Crippen LogP contribution in [-0.4, -0.2) is 43.9 Å². The molecule has 1 rings (SSSR count). The molecule has 1 aromatic carbocycles. The van der Waals surface area contributed by atoms with Gasteiger partial charge in [0.15, 0.2) is 0 Å². The van der Waals surface area contributed by atoms with Crippen LogP contribution in [0.3, 0.4) is 0 Å². The van der Waals surface area contributed by atoms with Gasteiger partial charge in [-0.2, -0.15) is 12.7 Å². The molecule has 1 aromatic rings. The average molecular weight is 304 g/mol. The third-order valence-electron chi connectivity index (χ3n) is 2.64. The topological polar surface area (TPSA) is 86.7 Å². The molecule has 0 amide bonds. The SMILES string of the molecule is CN(CCC(=O)O)S(=O)(=O)NCCc1cccc(F)c1. The minimum atomic E-state index is -3.71. The summed E-state index contributed by atoms with van der Waals surface area (Å²) >= 11 is 0. The van der Waals surface area contributed by atoms with Crippen LogP contribution in [0.1, 0.15) is 12.0 Å². The van der Waals surface area contributed by atoms with Gasteiger partial charge in [0.1, 0.15) is 5.82 Å². The third kappa shape index (κ3) is 5.64. The standard InChI is InChI=1S/C12H17FN2O4S/c1-15(8-6-12(16)17)20(18,19)14-7-5-10-3-2-4-11(13)9-10/h2-4,9,14H,5-8H2,1H3,(H,16,17). The number of benzene rings is 1. The van der Waals surface area contributed by atoms with Gasteiger partial charge < -0.3 is 5.11 Å². The molecule has 0 heterocycles. The number of rotatable bonds is 8. The van der Waals surface area contributed by atoms with Crippen molar-refractivity contribution in [2.45, 2.75) is 12.8 Å². The zero-order chi connectivity index (χ0) is 15.2. The van der Waals surface area contributed by atoms with Gasteiger partial charge in [0, 0.05) is 20.1 Å². The fraction of sp³-hybridized carbons (Fsp3) is 0.417. The number of carboxylic acid groups (broad SMARTS) is 1. The van der Waals surface area contributed by atoms with Crippen molar-refractivity contribution in [1.29, 1.82) is 0 Å². The van der Waals surface area contributed by atoms with Crippen LogP contribution in [0.4, 0.5) is 4.39 Å². The van der Waals surface area contributed by atoms with Gasteiger partial charge in [0.2, 0.25) is 0 Å². The summed E-state index contributed by atoms with van der Waals surface area (Å²) in [7, 11) is -2.41. The fourth-order valence-electron chi connectivity index (χ4n) is 1.50. The van der Waals surface area contributed by atoms with Gasteiger partial charge in [-0.25, -0.2) is 9.11 Å². The number of hydrogen-bond donors (Lipinski definition) is 2. The zero-order valence-electron chi connectivity index (χ0n) is 11.0. The first-order valence-electron chi connectivity index (χ1n) is 5.98. The Labute approximate surface area is 117 Å².